The molecule has 2 heterocycles. The predicted molar refractivity (Wildman–Crippen MR) is 66.8 cm³/mol. The summed E-state index contributed by atoms with van der Waals surface area (Å²) in [5.41, 5.74) is 9.41. The third kappa shape index (κ3) is 1.41. The first kappa shape index (κ1) is 9.51. The monoisotopic (exact) mass is 216 g/mol. The Hall–Kier alpha value is -1.71. The molecule has 0 aliphatic carbocycles. The van der Waals surface area contributed by atoms with Crippen LogP contribution in [0.25, 0.3) is 0 Å². The molecule has 4 nitrogen and oxygen atoms in total. The molecule has 3 N–H and O–H groups in total. The second-order valence-corrected chi connectivity index (χ2v) is 4.23. The van der Waals surface area contributed by atoms with Gasteiger partial charge < -0.3 is 16.0 Å². The van der Waals surface area contributed by atoms with Gasteiger partial charge in [0.2, 0.25) is 0 Å². The van der Waals surface area contributed by atoms with Crippen LogP contribution in [0.5, 0.6) is 0 Å². The van der Waals surface area contributed by atoms with Crippen LogP contribution < -0.4 is 16.0 Å². The second-order valence-electron chi connectivity index (χ2n) is 4.23. The number of guanidine groups is 1. The molecule has 0 saturated carbocycles. The fourth-order valence-corrected chi connectivity index (χ4v) is 2.44. The normalized spacial score (nSPS) is 19.0. The number of nitrogen functional groups attached to an aromatic ring is 1. The summed E-state index contributed by atoms with van der Waals surface area (Å²) in [6, 6.07) is 6.13. The van der Waals surface area contributed by atoms with Crippen molar-refractivity contribution in [2.75, 3.05) is 30.3 Å². The van der Waals surface area contributed by atoms with Crippen LogP contribution in [0.3, 0.4) is 0 Å². The van der Waals surface area contributed by atoms with E-state index in [1.165, 1.54) is 11.3 Å². The van der Waals surface area contributed by atoms with Gasteiger partial charge in [-0.3, -0.25) is 4.99 Å². The summed E-state index contributed by atoms with van der Waals surface area (Å²) in [5, 5.41) is 3.32. The molecule has 0 amide bonds. The lowest BCUT2D eigenvalue weighted by Gasteiger charge is -2.31. The maximum Gasteiger partial charge on any atom is 0.198 e. The van der Waals surface area contributed by atoms with E-state index in [9.17, 15) is 0 Å². The molecule has 1 aromatic rings. The molecule has 1 aromatic carbocycles. The van der Waals surface area contributed by atoms with Gasteiger partial charge in [-0.2, -0.15) is 0 Å². The number of nitrogens with one attached hydrogen (secondary N) is 1. The van der Waals surface area contributed by atoms with E-state index in [1.54, 1.807) is 0 Å². The Balaban J connectivity index is 2.02. The van der Waals surface area contributed by atoms with E-state index in [2.05, 4.69) is 21.3 Å². The molecule has 3 rings (SSSR count). The van der Waals surface area contributed by atoms with Crippen molar-refractivity contribution < 1.29 is 0 Å². The van der Waals surface area contributed by atoms with E-state index < -0.39 is 0 Å². The fourth-order valence-electron chi connectivity index (χ4n) is 2.44. The molecule has 0 radical (unpaired) electrons. The Morgan fingerprint density at radius 1 is 1.38 bits per heavy atom. The Labute approximate surface area is 95.2 Å². The van der Waals surface area contributed by atoms with Crippen molar-refractivity contribution in [1.29, 1.82) is 0 Å². The summed E-state index contributed by atoms with van der Waals surface area (Å²) >= 11 is 0. The van der Waals surface area contributed by atoms with Crippen molar-refractivity contribution in [2.24, 2.45) is 4.99 Å². The summed E-state index contributed by atoms with van der Waals surface area (Å²) in [5.74, 6) is 1.01. The lowest BCUT2D eigenvalue weighted by atomic mass is 10.0. The molecule has 0 saturated heterocycles. The number of benzene rings is 1. The number of anilines is 2. The van der Waals surface area contributed by atoms with Gasteiger partial charge in [-0.25, -0.2) is 0 Å². The Kier molecular flexibility index (Phi) is 2.20. The van der Waals surface area contributed by atoms with E-state index in [1.807, 2.05) is 12.1 Å². The molecule has 16 heavy (non-hydrogen) atoms. The van der Waals surface area contributed by atoms with Crippen LogP contribution in [-0.2, 0) is 6.42 Å². The second kappa shape index (κ2) is 3.70. The Morgan fingerprint density at radius 2 is 2.31 bits per heavy atom. The highest BCUT2D eigenvalue weighted by molar-refractivity contribution is 5.98. The molecule has 4 heteroatoms. The van der Waals surface area contributed by atoms with Crippen molar-refractivity contribution in [1.82, 2.24) is 5.32 Å². The van der Waals surface area contributed by atoms with Crippen LogP contribution in [0.1, 0.15) is 12.0 Å². The lowest BCUT2D eigenvalue weighted by Crippen LogP contribution is -2.41. The maximum atomic E-state index is 6.02. The van der Waals surface area contributed by atoms with E-state index in [0.29, 0.717) is 0 Å². The molecule has 0 atom stereocenters. The molecule has 0 fully saturated rings. The predicted octanol–water partition coefficient (Wildman–Crippen LogP) is 0.981. The molecule has 2 aliphatic rings. The minimum absolute atomic E-state index is 0.878. The Bertz CT molecular complexity index is 439. The average Bonchev–Trinajstić information content (AvgIpc) is 2.82. The van der Waals surface area contributed by atoms with Gasteiger partial charge in [-0.15, -0.1) is 0 Å². The van der Waals surface area contributed by atoms with Crippen molar-refractivity contribution in [3.63, 3.8) is 0 Å². The van der Waals surface area contributed by atoms with Crippen molar-refractivity contribution in [3.05, 3.63) is 23.8 Å². The molecular weight excluding hydrogens is 200 g/mol. The zero-order valence-corrected chi connectivity index (χ0v) is 9.24. The highest BCUT2D eigenvalue weighted by Gasteiger charge is 2.23. The molecule has 84 valence electrons. The minimum Gasteiger partial charge on any atom is -0.398 e. The molecule has 0 bridgehead atoms. The number of hydrogen-bond acceptors (Lipinski definition) is 4. The van der Waals surface area contributed by atoms with Gasteiger partial charge in [0.15, 0.2) is 5.96 Å². The SMILES string of the molecule is Nc1cccc2c1CCCN2C1=NCCN1. The summed E-state index contributed by atoms with van der Waals surface area (Å²) in [4.78, 5) is 6.73. The Morgan fingerprint density at radius 3 is 3.12 bits per heavy atom. The first-order valence-corrected chi connectivity index (χ1v) is 5.79. The quantitative estimate of drug-likeness (QED) is 0.636. The van der Waals surface area contributed by atoms with Gasteiger partial charge in [-0.1, -0.05) is 6.07 Å². The standard InChI is InChI=1S/C12H16N4/c13-10-4-1-5-11-9(10)3-2-8-16(11)12-14-6-7-15-12/h1,4-5H,2-3,6-8,13H2,(H,14,15). The van der Waals surface area contributed by atoms with E-state index in [4.69, 9.17) is 5.73 Å². The molecule has 0 unspecified atom stereocenters. The lowest BCUT2D eigenvalue weighted by molar-refractivity contribution is 0.770. The van der Waals surface area contributed by atoms with Gasteiger partial charge in [0.05, 0.1) is 6.54 Å². The topological polar surface area (TPSA) is 53.6 Å². The number of rotatable bonds is 0. The van der Waals surface area contributed by atoms with Gasteiger partial charge in [0.1, 0.15) is 0 Å². The van der Waals surface area contributed by atoms with Crippen LogP contribution in [0.15, 0.2) is 23.2 Å². The van der Waals surface area contributed by atoms with Gasteiger partial charge in [-0.05, 0) is 30.5 Å². The fraction of sp³-hybridized carbons (Fsp3) is 0.417. The van der Waals surface area contributed by atoms with E-state index in [0.717, 1.165) is 44.1 Å². The summed E-state index contributed by atoms with van der Waals surface area (Å²) < 4.78 is 0. The van der Waals surface area contributed by atoms with Crippen molar-refractivity contribution >= 4 is 17.3 Å². The first-order chi connectivity index (χ1) is 7.86. The number of nitrogens with two attached hydrogens (primary N) is 1. The van der Waals surface area contributed by atoms with Gasteiger partial charge in [0.25, 0.3) is 0 Å². The number of nitrogens with zero attached hydrogens (tertiary/aromatic N) is 2. The van der Waals surface area contributed by atoms with E-state index >= 15 is 0 Å². The highest BCUT2D eigenvalue weighted by atomic mass is 15.3. The van der Waals surface area contributed by atoms with Crippen molar-refractivity contribution in [2.45, 2.75) is 12.8 Å². The summed E-state index contributed by atoms with van der Waals surface area (Å²) in [7, 11) is 0. The molecule has 2 aliphatic heterocycles. The number of hydrogen-bond donors (Lipinski definition) is 2. The third-order valence-corrected chi connectivity index (χ3v) is 3.20. The van der Waals surface area contributed by atoms with Gasteiger partial charge in [0, 0.05) is 24.5 Å². The minimum atomic E-state index is 0.878. The number of fused-ring (bicyclic) bond motifs is 1. The van der Waals surface area contributed by atoms with E-state index in [-0.39, 0.29) is 0 Å². The third-order valence-electron chi connectivity index (χ3n) is 3.20. The molecular formula is C12H16N4. The zero-order chi connectivity index (χ0) is 11.0. The van der Waals surface area contributed by atoms with Crippen LogP contribution in [-0.4, -0.2) is 25.6 Å². The number of aliphatic imine (C=N–C) groups is 1. The maximum absolute atomic E-state index is 6.02. The average molecular weight is 216 g/mol. The first-order valence-electron chi connectivity index (χ1n) is 5.79. The molecule has 0 aromatic heterocycles. The van der Waals surface area contributed by atoms with Crippen molar-refractivity contribution in [3.8, 4) is 0 Å². The highest BCUT2D eigenvalue weighted by Crippen LogP contribution is 2.31. The van der Waals surface area contributed by atoms with Gasteiger partial charge >= 0.3 is 0 Å². The molecule has 0 spiro atoms. The van der Waals surface area contributed by atoms with Crippen LogP contribution in [0.4, 0.5) is 11.4 Å². The van der Waals surface area contributed by atoms with Crippen LogP contribution in [0, 0.1) is 0 Å². The summed E-state index contributed by atoms with van der Waals surface area (Å²) in [6.45, 7) is 2.86. The van der Waals surface area contributed by atoms with Crippen LogP contribution >= 0.6 is 0 Å². The largest absolute Gasteiger partial charge is 0.398 e. The van der Waals surface area contributed by atoms with Crippen LogP contribution in [0.2, 0.25) is 0 Å². The smallest absolute Gasteiger partial charge is 0.198 e. The summed E-state index contributed by atoms with van der Waals surface area (Å²) in [6.07, 6.45) is 2.22. The zero-order valence-electron chi connectivity index (χ0n) is 9.24.